The number of amides is 1. The number of nitrogens with one attached hydrogen (secondary N) is 1. The standard InChI is InChI=1S/C11H18N4O2S2/c1-7-13-14-10(19-7)18-6-8(11(2,3)4)15-17-9(16)12-5/h6H2,1-5H3,(H,12,16). The van der Waals surface area contributed by atoms with Crippen LogP contribution in [0.3, 0.4) is 0 Å². The number of aryl methyl sites for hydroxylation is 1. The van der Waals surface area contributed by atoms with Gasteiger partial charge in [-0.05, 0) is 6.92 Å². The lowest BCUT2D eigenvalue weighted by Crippen LogP contribution is -2.25. The van der Waals surface area contributed by atoms with E-state index < -0.39 is 6.09 Å². The molecule has 1 aromatic rings. The second-order valence-corrected chi connectivity index (χ2v) is 7.20. The Morgan fingerprint density at radius 3 is 2.63 bits per heavy atom. The SMILES string of the molecule is CNC(=O)ON=C(CSc1nnc(C)s1)C(C)(C)C. The van der Waals surface area contributed by atoms with Gasteiger partial charge in [0.15, 0.2) is 4.34 Å². The van der Waals surface area contributed by atoms with Gasteiger partial charge < -0.3 is 5.32 Å². The lowest BCUT2D eigenvalue weighted by Gasteiger charge is -2.19. The van der Waals surface area contributed by atoms with Crippen molar-refractivity contribution in [3.05, 3.63) is 5.01 Å². The fraction of sp³-hybridized carbons (Fsp3) is 0.636. The molecule has 1 heterocycles. The van der Waals surface area contributed by atoms with Crippen LogP contribution in [0.2, 0.25) is 0 Å². The van der Waals surface area contributed by atoms with Gasteiger partial charge in [0, 0.05) is 18.2 Å². The van der Waals surface area contributed by atoms with Gasteiger partial charge in [0.1, 0.15) is 5.01 Å². The Bertz CT molecular complexity index is 466. The monoisotopic (exact) mass is 302 g/mol. The van der Waals surface area contributed by atoms with Crippen LogP contribution < -0.4 is 5.32 Å². The highest BCUT2D eigenvalue weighted by Crippen LogP contribution is 2.26. The van der Waals surface area contributed by atoms with Crippen LogP contribution in [0.4, 0.5) is 4.79 Å². The van der Waals surface area contributed by atoms with Gasteiger partial charge in [-0.25, -0.2) is 4.79 Å². The van der Waals surface area contributed by atoms with Crippen LogP contribution in [0.25, 0.3) is 0 Å². The summed E-state index contributed by atoms with van der Waals surface area (Å²) in [5, 5.41) is 15.2. The van der Waals surface area contributed by atoms with Crippen LogP contribution in [0, 0.1) is 12.3 Å². The Balaban J connectivity index is 2.67. The summed E-state index contributed by atoms with van der Waals surface area (Å²) in [6.07, 6.45) is -0.571. The van der Waals surface area contributed by atoms with Crippen molar-refractivity contribution in [1.29, 1.82) is 0 Å². The molecule has 1 rings (SSSR count). The van der Waals surface area contributed by atoms with Gasteiger partial charge in [0.25, 0.3) is 0 Å². The average molecular weight is 302 g/mol. The number of thioether (sulfide) groups is 1. The Kier molecular flexibility index (Phi) is 5.74. The molecule has 8 heteroatoms. The maximum Gasteiger partial charge on any atom is 0.433 e. The summed E-state index contributed by atoms with van der Waals surface area (Å²) in [7, 11) is 1.49. The van der Waals surface area contributed by atoms with Crippen LogP contribution in [-0.4, -0.2) is 34.8 Å². The summed E-state index contributed by atoms with van der Waals surface area (Å²) < 4.78 is 0.884. The molecule has 0 spiro atoms. The number of carbonyl (C=O) groups excluding carboxylic acids is 1. The molecule has 19 heavy (non-hydrogen) atoms. The molecule has 1 amide bonds. The van der Waals surface area contributed by atoms with Gasteiger partial charge >= 0.3 is 6.09 Å². The summed E-state index contributed by atoms with van der Waals surface area (Å²) in [5.41, 5.74) is 0.606. The Hall–Kier alpha value is -1.15. The predicted molar refractivity (Wildman–Crippen MR) is 77.8 cm³/mol. The summed E-state index contributed by atoms with van der Waals surface area (Å²) in [5.74, 6) is 0.606. The number of oxime groups is 1. The first kappa shape index (κ1) is 15.9. The van der Waals surface area contributed by atoms with E-state index in [-0.39, 0.29) is 5.41 Å². The van der Waals surface area contributed by atoms with Crippen LogP contribution in [0.1, 0.15) is 25.8 Å². The third kappa shape index (κ3) is 5.56. The molecular weight excluding hydrogens is 284 g/mol. The van der Waals surface area contributed by atoms with Gasteiger partial charge in [-0.15, -0.1) is 10.2 Å². The third-order valence-corrected chi connectivity index (χ3v) is 4.13. The van der Waals surface area contributed by atoms with Gasteiger partial charge in [0.05, 0.1) is 5.71 Å². The summed E-state index contributed by atoms with van der Waals surface area (Å²) >= 11 is 3.07. The molecule has 106 valence electrons. The van der Waals surface area contributed by atoms with Crippen LogP contribution >= 0.6 is 23.1 Å². The zero-order valence-corrected chi connectivity index (χ0v) is 13.3. The van der Waals surface area contributed by atoms with Gasteiger partial charge in [-0.2, -0.15) is 0 Å². The number of carbonyl (C=O) groups is 1. The second-order valence-electron chi connectivity index (χ2n) is 4.79. The highest BCUT2D eigenvalue weighted by atomic mass is 32.2. The molecule has 0 saturated heterocycles. The molecule has 1 N–H and O–H groups in total. The van der Waals surface area contributed by atoms with Crippen molar-refractivity contribution in [3.63, 3.8) is 0 Å². The highest BCUT2D eigenvalue weighted by molar-refractivity contribution is 8.01. The number of rotatable bonds is 4. The van der Waals surface area contributed by atoms with Crippen LogP contribution in [0.5, 0.6) is 0 Å². The van der Waals surface area contributed by atoms with E-state index in [0.29, 0.717) is 5.75 Å². The van der Waals surface area contributed by atoms with E-state index in [9.17, 15) is 4.79 Å². The molecule has 0 unspecified atom stereocenters. The van der Waals surface area contributed by atoms with E-state index >= 15 is 0 Å². The Morgan fingerprint density at radius 2 is 2.16 bits per heavy atom. The van der Waals surface area contributed by atoms with Crippen molar-refractivity contribution in [2.75, 3.05) is 12.8 Å². The minimum atomic E-state index is -0.571. The van der Waals surface area contributed by atoms with Crippen molar-refractivity contribution in [2.24, 2.45) is 10.6 Å². The largest absolute Gasteiger partial charge is 0.433 e. The first-order valence-electron chi connectivity index (χ1n) is 5.72. The van der Waals surface area contributed by atoms with Crippen molar-refractivity contribution in [1.82, 2.24) is 15.5 Å². The van der Waals surface area contributed by atoms with E-state index in [1.807, 2.05) is 27.7 Å². The van der Waals surface area contributed by atoms with Gasteiger partial charge in [-0.1, -0.05) is 49.0 Å². The van der Waals surface area contributed by atoms with E-state index in [4.69, 9.17) is 4.84 Å². The summed E-state index contributed by atoms with van der Waals surface area (Å²) in [6, 6.07) is 0. The zero-order chi connectivity index (χ0) is 14.5. The molecule has 0 aromatic carbocycles. The molecule has 0 atom stereocenters. The minimum absolute atomic E-state index is 0.180. The molecule has 0 bridgehead atoms. The highest BCUT2D eigenvalue weighted by Gasteiger charge is 2.21. The van der Waals surface area contributed by atoms with Crippen molar-refractivity contribution >= 4 is 34.9 Å². The van der Waals surface area contributed by atoms with Crippen molar-refractivity contribution in [3.8, 4) is 0 Å². The number of aromatic nitrogens is 2. The maximum atomic E-state index is 11.1. The number of hydrogen-bond donors (Lipinski definition) is 1. The molecule has 6 nitrogen and oxygen atoms in total. The normalized spacial score (nSPS) is 12.4. The Labute approximate surface area is 121 Å². The average Bonchev–Trinajstić information content (AvgIpc) is 2.72. The maximum absolute atomic E-state index is 11.1. The van der Waals surface area contributed by atoms with E-state index in [1.165, 1.54) is 30.1 Å². The fourth-order valence-electron chi connectivity index (χ4n) is 0.989. The van der Waals surface area contributed by atoms with E-state index in [0.717, 1.165) is 15.1 Å². The molecule has 0 saturated carbocycles. The number of hydrogen-bond acceptors (Lipinski definition) is 7. The second kappa shape index (κ2) is 6.85. The molecular formula is C11H18N4O2S2. The number of nitrogens with zero attached hydrogens (tertiary/aromatic N) is 3. The summed E-state index contributed by atoms with van der Waals surface area (Å²) in [4.78, 5) is 15.8. The minimum Gasteiger partial charge on any atom is -0.323 e. The van der Waals surface area contributed by atoms with Crippen molar-refractivity contribution in [2.45, 2.75) is 32.0 Å². The fourth-order valence-corrected chi connectivity index (χ4v) is 3.02. The third-order valence-electron chi connectivity index (χ3n) is 2.15. The Morgan fingerprint density at radius 1 is 1.47 bits per heavy atom. The molecule has 0 aliphatic heterocycles. The van der Waals surface area contributed by atoms with E-state index in [1.54, 1.807) is 0 Å². The smallest absolute Gasteiger partial charge is 0.323 e. The lowest BCUT2D eigenvalue weighted by atomic mass is 9.91. The quantitative estimate of drug-likeness (QED) is 0.400. The predicted octanol–water partition coefficient (Wildman–Crippen LogP) is 2.70. The molecule has 0 aliphatic carbocycles. The lowest BCUT2D eigenvalue weighted by molar-refractivity contribution is 0.152. The van der Waals surface area contributed by atoms with Gasteiger partial charge in [0.2, 0.25) is 0 Å². The molecule has 0 fully saturated rings. The van der Waals surface area contributed by atoms with Crippen LogP contribution in [0.15, 0.2) is 9.50 Å². The topological polar surface area (TPSA) is 76.5 Å². The van der Waals surface area contributed by atoms with E-state index in [2.05, 4.69) is 20.7 Å². The first-order valence-corrected chi connectivity index (χ1v) is 7.52. The molecule has 0 radical (unpaired) electrons. The zero-order valence-electron chi connectivity index (χ0n) is 11.7. The van der Waals surface area contributed by atoms with Gasteiger partial charge in [-0.3, -0.25) is 4.84 Å². The van der Waals surface area contributed by atoms with Crippen molar-refractivity contribution < 1.29 is 9.63 Å². The van der Waals surface area contributed by atoms with Crippen LogP contribution in [-0.2, 0) is 4.84 Å². The first-order chi connectivity index (χ1) is 8.82. The summed E-state index contributed by atoms with van der Waals surface area (Å²) in [6.45, 7) is 7.97. The molecule has 1 aromatic heterocycles. The molecule has 0 aliphatic rings.